The van der Waals surface area contributed by atoms with Gasteiger partial charge in [0.1, 0.15) is 0 Å². The fraction of sp³-hybridized carbons (Fsp3) is 0.391. The fourth-order valence-corrected chi connectivity index (χ4v) is 4.40. The van der Waals surface area contributed by atoms with E-state index in [4.69, 9.17) is 9.47 Å². The van der Waals surface area contributed by atoms with Gasteiger partial charge in [-0.15, -0.1) is 0 Å². The van der Waals surface area contributed by atoms with E-state index < -0.39 is 0 Å². The summed E-state index contributed by atoms with van der Waals surface area (Å²) < 4.78 is 10.6. The van der Waals surface area contributed by atoms with Crippen LogP contribution in [0.15, 0.2) is 48.5 Å². The normalized spacial score (nSPS) is 21.5. The highest BCUT2D eigenvalue weighted by Crippen LogP contribution is 2.37. The van der Waals surface area contributed by atoms with Crippen molar-refractivity contribution >= 4 is 17.5 Å². The van der Waals surface area contributed by atoms with Crippen molar-refractivity contribution in [3.63, 3.8) is 0 Å². The van der Waals surface area contributed by atoms with E-state index >= 15 is 0 Å². The van der Waals surface area contributed by atoms with Gasteiger partial charge in [-0.05, 0) is 30.5 Å². The van der Waals surface area contributed by atoms with Gasteiger partial charge in [-0.1, -0.05) is 30.3 Å². The highest BCUT2D eigenvalue weighted by molar-refractivity contribution is 6.00. The zero-order valence-electron chi connectivity index (χ0n) is 16.8. The minimum Gasteiger partial charge on any atom is -0.493 e. The Morgan fingerprint density at radius 2 is 1.79 bits per heavy atom. The molecule has 0 spiro atoms. The summed E-state index contributed by atoms with van der Waals surface area (Å²) >= 11 is 0. The summed E-state index contributed by atoms with van der Waals surface area (Å²) in [5.74, 6) is 0.896. The lowest BCUT2D eigenvalue weighted by Gasteiger charge is -2.27. The summed E-state index contributed by atoms with van der Waals surface area (Å²) in [6.07, 6.45) is 2.20. The Morgan fingerprint density at radius 1 is 1.03 bits per heavy atom. The number of ether oxygens (including phenoxy) is 2. The van der Waals surface area contributed by atoms with E-state index in [0.717, 1.165) is 25.1 Å². The third kappa shape index (κ3) is 3.67. The molecule has 0 bridgehead atoms. The van der Waals surface area contributed by atoms with E-state index in [1.54, 1.807) is 31.3 Å². The van der Waals surface area contributed by atoms with Crippen LogP contribution in [0.1, 0.15) is 30.9 Å². The predicted octanol–water partition coefficient (Wildman–Crippen LogP) is 3.42. The second-order valence-electron chi connectivity index (χ2n) is 7.55. The summed E-state index contributed by atoms with van der Waals surface area (Å²) in [5, 5.41) is 0. The summed E-state index contributed by atoms with van der Waals surface area (Å²) in [5.41, 5.74) is 1.89. The first kappa shape index (κ1) is 19.3. The first-order valence-corrected chi connectivity index (χ1v) is 10.00. The van der Waals surface area contributed by atoms with Gasteiger partial charge in [0, 0.05) is 31.3 Å². The number of nitrogens with zero attached hydrogens (tertiary/aromatic N) is 2. The van der Waals surface area contributed by atoms with E-state index in [1.807, 2.05) is 29.2 Å². The summed E-state index contributed by atoms with van der Waals surface area (Å²) in [7, 11) is 3.14. The van der Waals surface area contributed by atoms with Gasteiger partial charge in [-0.25, -0.2) is 0 Å². The first-order valence-electron chi connectivity index (χ1n) is 10.00. The highest BCUT2D eigenvalue weighted by Gasteiger charge is 2.40. The SMILES string of the molecule is COc1ccc(N2CC(C(=O)N3CCCC3c3ccccc3)CC2=O)cc1OC. The molecule has 6 nitrogen and oxygen atoms in total. The maximum atomic E-state index is 13.3. The molecule has 2 heterocycles. The van der Waals surface area contributed by atoms with Crippen LogP contribution < -0.4 is 14.4 Å². The lowest BCUT2D eigenvalue weighted by Crippen LogP contribution is -2.37. The second kappa shape index (κ2) is 8.15. The van der Waals surface area contributed by atoms with Crippen LogP contribution in [0.4, 0.5) is 5.69 Å². The molecule has 2 amide bonds. The summed E-state index contributed by atoms with van der Waals surface area (Å²) in [6, 6.07) is 15.7. The van der Waals surface area contributed by atoms with E-state index in [-0.39, 0.29) is 30.2 Å². The third-order valence-corrected chi connectivity index (χ3v) is 5.87. The number of hydrogen-bond donors (Lipinski definition) is 0. The van der Waals surface area contributed by atoms with Crippen molar-refractivity contribution in [2.75, 3.05) is 32.2 Å². The van der Waals surface area contributed by atoms with Crippen molar-refractivity contribution in [1.82, 2.24) is 4.90 Å². The lowest BCUT2D eigenvalue weighted by molar-refractivity contribution is -0.136. The van der Waals surface area contributed by atoms with Crippen LogP contribution in [0.3, 0.4) is 0 Å². The van der Waals surface area contributed by atoms with E-state index in [0.29, 0.717) is 18.0 Å². The summed E-state index contributed by atoms with van der Waals surface area (Å²) in [4.78, 5) is 29.6. The Bertz CT molecular complexity index is 899. The van der Waals surface area contributed by atoms with Crippen molar-refractivity contribution in [1.29, 1.82) is 0 Å². The quantitative estimate of drug-likeness (QED) is 0.780. The first-order chi connectivity index (χ1) is 14.1. The minimum atomic E-state index is -0.320. The maximum Gasteiger partial charge on any atom is 0.228 e. The molecule has 6 heteroatoms. The average molecular weight is 394 g/mol. The number of carbonyl (C=O) groups excluding carboxylic acids is 2. The topological polar surface area (TPSA) is 59.1 Å². The monoisotopic (exact) mass is 394 g/mol. The van der Waals surface area contributed by atoms with Crippen LogP contribution in [0.2, 0.25) is 0 Å². The number of anilines is 1. The molecule has 0 aliphatic carbocycles. The molecule has 29 heavy (non-hydrogen) atoms. The van der Waals surface area contributed by atoms with Gasteiger partial charge < -0.3 is 19.3 Å². The number of methoxy groups -OCH3 is 2. The predicted molar refractivity (Wildman–Crippen MR) is 110 cm³/mol. The van der Waals surface area contributed by atoms with Gasteiger partial charge >= 0.3 is 0 Å². The molecular weight excluding hydrogens is 368 g/mol. The van der Waals surface area contributed by atoms with Crippen molar-refractivity contribution in [3.05, 3.63) is 54.1 Å². The molecule has 4 rings (SSSR count). The van der Waals surface area contributed by atoms with E-state index in [9.17, 15) is 9.59 Å². The van der Waals surface area contributed by atoms with Crippen LogP contribution >= 0.6 is 0 Å². The number of carbonyl (C=O) groups is 2. The fourth-order valence-electron chi connectivity index (χ4n) is 4.40. The highest BCUT2D eigenvalue weighted by atomic mass is 16.5. The van der Waals surface area contributed by atoms with Gasteiger partial charge in [0.25, 0.3) is 0 Å². The number of benzene rings is 2. The van der Waals surface area contributed by atoms with Crippen LogP contribution in [0.25, 0.3) is 0 Å². The van der Waals surface area contributed by atoms with E-state index in [1.165, 1.54) is 5.56 Å². The molecule has 2 aromatic rings. The summed E-state index contributed by atoms with van der Waals surface area (Å²) in [6.45, 7) is 1.14. The molecule has 2 unspecified atom stereocenters. The van der Waals surface area contributed by atoms with Crippen LogP contribution in [-0.2, 0) is 9.59 Å². The minimum absolute atomic E-state index is 0.0361. The van der Waals surface area contributed by atoms with Gasteiger partial charge in [0.2, 0.25) is 11.8 Å². The van der Waals surface area contributed by atoms with Crippen molar-refractivity contribution in [3.8, 4) is 11.5 Å². The molecule has 2 saturated heterocycles. The molecule has 0 N–H and O–H groups in total. The van der Waals surface area contributed by atoms with Gasteiger partial charge in [-0.3, -0.25) is 9.59 Å². The van der Waals surface area contributed by atoms with Crippen LogP contribution in [-0.4, -0.2) is 44.0 Å². The molecule has 0 saturated carbocycles. The van der Waals surface area contributed by atoms with Gasteiger partial charge in [-0.2, -0.15) is 0 Å². The third-order valence-electron chi connectivity index (χ3n) is 5.87. The number of likely N-dealkylation sites (tertiary alicyclic amines) is 1. The largest absolute Gasteiger partial charge is 0.493 e. The van der Waals surface area contributed by atoms with Crippen molar-refractivity contribution in [2.24, 2.45) is 5.92 Å². The Kier molecular flexibility index (Phi) is 5.43. The second-order valence-corrected chi connectivity index (χ2v) is 7.55. The van der Waals surface area contributed by atoms with Crippen molar-refractivity contribution in [2.45, 2.75) is 25.3 Å². The number of amides is 2. The number of rotatable bonds is 5. The van der Waals surface area contributed by atoms with Crippen molar-refractivity contribution < 1.29 is 19.1 Å². The number of hydrogen-bond acceptors (Lipinski definition) is 4. The molecule has 2 fully saturated rings. The Balaban J connectivity index is 1.51. The molecule has 152 valence electrons. The Hall–Kier alpha value is -3.02. The molecule has 2 aromatic carbocycles. The zero-order valence-corrected chi connectivity index (χ0v) is 16.8. The smallest absolute Gasteiger partial charge is 0.228 e. The Labute approximate surface area is 171 Å². The Morgan fingerprint density at radius 3 is 2.52 bits per heavy atom. The van der Waals surface area contributed by atoms with E-state index in [2.05, 4.69) is 12.1 Å². The average Bonchev–Trinajstić information content (AvgIpc) is 3.40. The van der Waals surface area contributed by atoms with Crippen LogP contribution in [0, 0.1) is 5.92 Å². The van der Waals surface area contributed by atoms with Crippen LogP contribution in [0.5, 0.6) is 11.5 Å². The molecule has 2 aliphatic rings. The maximum absolute atomic E-state index is 13.3. The molecule has 2 atom stereocenters. The lowest BCUT2D eigenvalue weighted by atomic mass is 10.0. The molecule has 0 aromatic heterocycles. The molecule has 0 radical (unpaired) electrons. The van der Waals surface area contributed by atoms with Gasteiger partial charge in [0.15, 0.2) is 11.5 Å². The van der Waals surface area contributed by atoms with Gasteiger partial charge in [0.05, 0.1) is 26.2 Å². The molecule has 2 aliphatic heterocycles. The zero-order chi connectivity index (χ0) is 20.4. The standard InChI is InChI=1S/C23H26N2O4/c1-28-20-11-10-18(14-21(20)29-2)25-15-17(13-22(25)26)23(27)24-12-6-9-19(24)16-7-4-3-5-8-16/h3-5,7-8,10-11,14,17,19H,6,9,12-13,15H2,1-2H3. The molecular formula is C23H26N2O4.